The molecule has 0 spiro atoms. The smallest absolute Gasteiger partial charge is 0.229 e. The van der Waals surface area contributed by atoms with E-state index in [4.69, 9.17) is 9.72 Å². The summed E-state index contributed by atoms with van der Waals surface area (Å²) in [7, 11) is 0. The van der Waals surface area contributed by atoms with Crippen molar-refractivity contribution < 1.29 is 4.74 Å². The van der Waals surface area contributed by atoms with Gasteiger partial charge in [-0.3, -0.25) is 0 Å². The molecular weight excluding hydrogens is 400 g/mol. The van der Waals surface area contributed by atoms with Crippen molar-refractivity contribution in [1.29, 1.82) is 5.26 Å². The zero-order valence-corrected chi connectivity index (χ0v) is 18.4. The van der Waals surface area contributed by atoms with Crippen LogP contribution in [-0.4, -0.2) is 40.8 Å². The highest BCUT2D eigenvalue weighted by atomic mass is 16.5. The summed E-state index contributed by atoms with van der Waals surface area (Å²) in [5.41, 5.74) is 3.45. The van der Waals surface area contributed by atoms with Crippen molar-refractivity contribution in [2.75, 3.05) is 29.9 Å². The number of pyridine rings is 1. The topological polar surface area (TPSA) is 87.0 Å². The Hall–Kier alpha value is -3.24. The van der Waals surface area contributed by atoms with Gasteiger partial charge in [0, 0.05) is 25.0 Å². The van der Waals surface area contributed by atoms with Crippen LogP contribution < -0.4 is 10.2 Å². The highest BCUT2D eigenvalue weighted by Gasteiger charge is 2.21. The van der Waals surface area contributed by atoms with Crippen LogP contribution in [0.25, 0.3) is 11.0 Å². The molecule has 0 bridgehead atoms. The number of nitrogens with zero attached hydrogens (tertiary/aromatic N) is 5. The van der Waals surface area contributed by atoms with E-state index < -0.39 is 0 Å². The Kier molecular flexibility index (Phi) is 5.87. The second kappa shape index (κ2) is 9.09. The maximum absolute atomic E-state index is 9.35. The number of fused-ring (bicyclic) bond motifs is 1. The zero-order valence-electron chi connectivity index (χ0n) is 18.4. The van der Waals surface area contributed by atoms with Gasteiger partial charge >= 0.3 is 0 Å². The number of rotatable bonds is 4. The standard InChI is InChI=1S/C25H28N6O/c1-17-16-31(11-12-32-17)25-29-23-22(13-18(14-26)15-27-23)24(30-25)28-21-9-7-20(8-10-21)19-5-3-2-4-6-19/h7-10,13,15,17,19H,2-6,11-12,16H2,1H3,(H,27,28,29,30). The molecule has 32 heavy (non-hydrogen) atoms. The number of anilines is 3. The number of hydrogen-bond donors (Lipinski definition) is 1. The molecule has 1 unspecified atom stereocenters. The van der Waals surface area contributed by atoms with Gasteiger partial charge in [0.1, 0.15) is 11.9 Å². The molecule has 1 saturated carbocycles. The van der Waals surface area contributed by atoms with E-state index in [1.54, 1.807) is 12.3 Å². The maximum Gasteiger partial charge on any atom is 0.229 e. The lowest BCUT2D eigenvalue weighted by atomic mass is 9.84. The molecule has 1 atom stereocenters. The van der Waals surface area contributed by atoms with Crippen LogP contribution in [0.4, 0.5) is 17.5 Å². The number of hydrogen-bond acceptors (Lipinski definition) is 7. The summed E-state index contributed by atoms with van der Waals surface area (Å²) in [6, 6.07) is 12.7. The van der Waals surface area contributed by atoms with Crippen LogP contribution in [0.2, 0.25) is 0 Å². The molecule has 1 aliphatic heterocycles. The Balaban J connectivity index is 1.47. The van der Waals surface area contributed by atoms with E-state index in [1.807, 2.05) is 0 Å². The van der Waals surface area contributed by atoms with Gasteiger partial charge in [-0.15, -0.1) is 0 Å². The van der Waals surface area contributed by atoms with E-state index in [-0.39, 0.29) is 6.10 Å². The second-order valence-corrected chi connectivity index (χ2v) is 8.79. The number of ether oxygens (including phenoxy) is 1. The summed E-state index contributed by atoms with van der Waals surface area (Å²) in [5.74, 6) is 1.97. The molecule has 1 aromatic carbocycles. The third kappa shape index (κ3) is 4.37. The van der Waals surface area contributed by atoms with Gasteiger partial charge in [-0.25, -0.2) is 4.98 Å². The third-order valence-electron chi connectivity index (χ3n) is 6.44. The molecule has 2 aromatic heterocycles. The van der Waals surface area contributed by atoms with Gasteiger partial charge in [0.2, 0.25) is 5.95 Å². The Bertz CT molecular complexity index is 1130. The van der Waals surface area contributed by atoms with Crippen molar-refractivity contribution in [2.24, 2.45) is 0 Å². The minimum absolute atomic E-state index is 0.126. The molecule has 2 aliphatic rings. The highest BCUT2D eigenvalue weighted by molar-refractivity contribution is 5.90. The van der Waals surface area contributed by atoms with Gasteiger partial charge in [0.15, 0.2) is 5.65 Å². The Morgan fingerprint density at radius 3 is 2.69 bits per heavy atom. The third-order valence-corrected chi connectivity index (χ3v) is 6.44. The molecule has 7 heteroatoms. The van der Waals surface area contributed by atoms with E-state index in [9.17, 15) is 5.26 Å². The first-order chi connectivity index (χ1) is 15.7. The van der Waals surface area contributed by atoms with Crippen molar-refractivity contribution in [3.63, 3.8) is 0 Å². The van der Waals surface area contributed by atoms with Crippen LogP contribution in [-0.2, 0) is 4.74 Å². The molecule has 1 N–H and O–H groups in total. The van der Waals surface area contributed by atoms with Crippen molar-refractivity contribution in [3.05, 3.63) is 47.7 Å². The second-order valence-electron chi connectivity index (χ2n) is 8.79. The Morgan fingerprint density at radius 2 is 1.94 bits per heavy atom. The molecule has 2 fully saturated rings. The van der Waals surface area contributed by atoms with Gasteiger partial charge in [-0.1, -0.05) is 31.4 Å². The van der Waals surface area contributed by atoms with E-state index in [1.165, 1.54) is 37.7 Å². The minimum Gasteiger partial charge on any atom is -0.375 e. The number of morpholine rings is 1. The summed E-state index contributed by atoms with van der Waals surface area (Å²) < 4.78 is 5.67. The first kappa shape index (κ1) is 20.7. The van der Waals surface area contributed by atoms with Gasteiger partial charge in [-0.2, -0.15) is 15.2 Å². The molecule has 0 radical (unpaired) electrons. The van der Waals surface area contributed by atoms with E-state index in [0.29, 0.717) is 35.5 Å². The van der Waals surface area contributed by atoms with Crippen molar-refractivity contribution >= 4 is 28.5 Å². The summed E-state index contributed by atoms with van der Waals surface area (Å²) in [6.45, 7) is 4.17. The molecular formula is C25H28N6O. The predicted molar refractivity (Wildman–Crippen MR) is 125 cm³/mol. The molecule has 1 saturated heterocycles. The zero-order chi connectivity index (χ0) is 21.9. The van der Waals surface area contributed by atoms with E-state index >= 15 is 0 Å². The average Bonchev–Trinajstić information content (AvgIpc) is 2.84. The largest absolute Gasteiger partial charge is 0.375 e. The fourth-order valence-corrected chi connectivity index (χ4v) is 4.71. The molecule has 5 rings (SSSR count). The van der Waals surface area contributed by atoms with Crippen molar-refractivity contribution in [2.45, 2.75) is 51.0 Å². The lowest BCUT2D eigenvalue weighted by Crippen LogP contribution is -2.42. The number of nitriles is 1. The van der Waals surface area contributed by atoms with Gasteiger partial charge in [-0.05, 0) is 49.4 Å². The van der Waals surface area contributed by atoms with Crippen LogP contribution in [0.1, 0.15) is 56.1 Å². The Labute approximate surface area is 188 Å². The molecule has 0 amide bonds. The van der Waals surface area contributed by atoms with Crippen LogP contribution in [0.5, 0.6) is 0 Å². The minimum atomic E-state index is 0.126. The fourth-order valence-electron chi connectivity index (χ4n) is 4.71. The number of benzene rings is 1. The summed E-state index contributed by atoms with van der Waals surface area (Å²) in [6.07, 6.45) is 8.27. The molecule has 1 aliphatic carbocycles. The summed E-state index contributed by atoms with van der Waals surface area (Å²) in [5, 5.41) is 13.5. The normalized spacial score (nSPS) is 19.6. The van der Waals surface area contributed by atoms with Crippen LogP contribution in [0.15, 0.2) is 36.5 Å². The van der Waals surface area contributed by atoms with Gasteiger partial charge < -0.3 is 15.0 Å². The van der Waals surface area contributed by atoms with Crippen molar-refractivity contribution in [3.8, 4) is 6.07 Å². The van der Waals surface area contributed by atoms with Crippen LogP contribution in [0, 0.1) is 11.3 Å². The van der Waals surface area contributed by atoms with Gasteiger partial charge in [0.25, 0.3) is 0 Å². The first-order valence-electron chi connectivity index (χ1n) is 11.5. The quantitative estimate of drug-likeness (QED) is 0.631. The Morgan fingerprint density at radius 1 is 1.12 bits per heavy atom. The number of nitrogens with one attached hydrogen (secondary N) is 1. The molecule has 3 heterocycles. The molecule has 7 nitrogen and oxygen atoms in total. The average molecular weight is 429 g/mol. The number of aromatic nitrogens is 3. The fraction of sp³-hybridized carbons (Fsp3) is 0.440. The highest BCUT2D eigenvalue weighted by Crippen LogP contribution is 2.34. The lowest BCUT2D eigenvalue weighted by Gasteiger charge is -2.31. The SMILES string of the molecule is CC1CN(c2nc(Nc3ccc(C4CCCCC4)cc3)c3cc(C#N)cnc3n2)CCO1. The van der Waals surface area contributed by atoms with Crippen LogP contribution in [0.3, 0.4) is 0 Å². The summed E-state index contributed by atoms with van der Waals surface area (Å²) in [4.78, 5) is 16.1. The maximum atomic E-state index is 9.35. The first-order valence-corrected chi connectivity index (χ1v) is 11.5. The summed E-state index contributed by atoms with van der Waals surface area (Å²) >= 11 is 0. The lowest BCUT2D eigenvalue weighted by molar-refractivity contribution is 0.0526. The van der Waals surface area contributed by atoms with Crippen molar-refractivity contribution in [1.82, 2.24) is 15.0 Å². The molecule has 164 valence electrons. The monoisotopic (exact) mass is 428 g/mol. The van der Waals surface area contributed by atoms with Gasteiger partial charge in [0.05, 0.1) is 23.7 Å². The van der Waals surface area contributed by atoms with E-state index in [2.05, 4.69) is 57.4 Å². The van der Waals surface area contributed by atoms with Crippen LogP contribution >= 0.6 is 0 Å². The molecule has 3 aromatic rings. The van der Waals surface area contributed by atoms with E-state index in [0.717, 1.165) is 24.2 Å². The predicted octanol–water partition coefficient (Wildman–Crippen LogP) is 4.91.